The van der Waals surface area contributed by atoms with Crippen LogP contribution in [0.4, 0.5) is 5.69 Å². The highest BCUT2D eigenvalue weighted by Crippen LogP contribution is 2.53. The number of aliphatic carboxylic acids is 1. The van der Waals surface area contributed by atoms with Gasteiger partial charge in [0.05, 0.1) is 23.0 Å². The summed E-state index contributed by atoms with van der Waals surface area (Å²) in [4.78, 5) is 24.4. The molecular weight excluding hydrogens is 492 g/mol. The molecule has 7 nitrogen and oxygen atoms in total. The number of ether oxygens (including phenoxy) is 1. The summed E-state index contributed by atoms with van der Waals surface area (Å²) in [5.74, 6) is 0.887. The lowest BCUT2D eigenvalue weighted by atomic mass is 9.66. The van der Waals surface area contributed by atoms with E-state index in [0.717, 1.165) is 61.3 Å². The Balaban J connectivity index is 1.49. The first kappa shape index (κ1) is 27.6. The maximum absolute atomic E-state index is 13.0. The van der Waals surface area contributed by atoms with Gasteiger partial charge in [-0.15, -0.1) is 0 Å². The number of carboxylic acids is 1. The molecule has 0 bridgehead atoms. The van der Waals surface area contributed by atoms with Crippen molar-refractivity contribution in [1.82, 2.24) is 5.16 Å². The lowest BCUT2D eigenvalue weighted by molar-refractivity contribution is -0.137. The Morgan fingerprint density at radius 3 is 2.62 bits per heavy atom. The predicted octanol–water partition coefficient (Wildman–Crippen LogP) is 7.05. The fourth-order valence-corrected chi connectivity index (χ4v) is 6.10. The second-order valence-electron chi connectivity index (χ2n) is 11.8. The number of carbonyl (C=O) groups is 2. The standard InChI is InChI=1S/C29H39ClN2O5/c1-17-5-9-23(22(30)11-17)31-24(33)14-20(8-10-25(34)35)27-26(19-6-7-19)28(37-32-27)21-12-18(13-21)15-29(2,3)16-36-4/h5,9,11,18-21H,6-8,10,12-16H2,1-4H3,(H,31,33)(H,34,35)/t18-,20-,21+/m0/s1. The van der Waals surface area contributed by atoms with Crippen molar-refractivity contribution in [3.63, 3.8) is 0 Å². The van der Waals surface area contributed by atoms with Crippen molar-refractivity contribution in [1.29, 1.82) is 0 Å². The first-order valence-electron chi connectivity index (χ1n) is 13.3. The summed E-state index contributed by atoms with van der Waals surface area (Å²) in [7, 11) is 1.75. The van der Waals surface area contributed by atoms with E-state index in [4.69, 9.17) is 20.9 Å². The van der Waals surface area contributed by atoms with Crippen molar-refractivity contribution in [2.75, 3.05) is 19.0 Å². The van der Waals surface area contributed by atoms with Gasteiger partial charge in [0.1, 0.15) is 5.76 Å². The maximum atomic E-state index is 13.0. The van der Waals surface area contributed by atoms with Gasteiger partial charge < -0.3 is 19.7 Å². The number of nitrogens with zero attached hydrogens (tertiary/aromatic N) is 1. The number of aromatic nitrogens is 1. The van der Waals surface area contributed by atoms with Crippen molar-refractivity contribution >= 4 is 29.2 Å². The molecule has 0 aliphatic heterocycles. The van der Waals surface area contributed by atoms with Gasteiger partial charge in [-0.25, -0.2) is 0 Å². The largest absolute Gasteiger partial charge is 0.481 e. The van der Waals surface area contributed by atoms with Gasteiger partial charge in [-0.2, -0.15) is 0 Å². The molecule has 2 saturated carbocycles. The molecule has 0 unspecified atom stereocenters. The van der Waals surface area contributed by atoms with Crippen LogP contribution in [0.3, 0.4) is 0 Å². The fourth-order valence-electron chi connectivity index (χ4n) is 5.82. The molecule has 0 spiro atoms. The number of carboxylic acid groups (broad SMARTS) is 1. The molecule has 8 heteroatoms. The van der Waals surface area contributed by atoms with E-state index in [-0.39, 0.29) is 30.1 Å². The number of methoxy groups -OCH3 is 1. The molecule has 2 fully saturated rings. The van der Waals surface area contributed by atoms with Gasteiger partial charge in [-0.3, -0.25) is 9.59 Å². The normalized spacial score (nSPS) is 20.4. The third-order valence-corrected chi connectivity index (χ3v) is 7.99. The number of hydrogen-bond donors (Lipinski definition) is 2. The van der Waals surface area contributed by atoms with Crippen LogP contribution >= 0.6 is 11.6 Å². The van der Waals surface area contributed by atoms with E-state index >= 15 is 0 Å². The van der Waals surface area contributed by atoms with Crippen LogP contribution in [0.5, 0.6) is 0 Å². The SMILES string of the molecule is COCC(C)(C)C[C@H]1C[C@@H](c2onc([C@@H](CCC(=O)O)CC(=O)Nc3ccc(C)cc3Cl)c2C2CC2)C1. The zero-order valence-electron chi connectivity index (χ0n) is 22.3. The molecule has 4 rings (SSSR count). The molecule has 202 valence electrons. The quantitative estimate of drug-likeness (QED) is 0.288. The van der Waals surface area contributed by atoms with Crippen LogP contribution in [-0.4, -0.2) is 35.9 Å². The summed E-state index contributed by atoms with van der Waals surface area (Å²) in [6.07, 6.45) is 5.82. The molecule has 1 atom stereocenters. The molecule has 1 amide bonds. The van der Waals surface area contributed by atoms with Crippen molar-refractivity contribution < 1.29 is 24.0 Å². The number of nitrogens with one attached hydrogen (secondary N) is 1. The van der Waals surface area contributed by atoms with Crippen LogP contribution in [0.15, 0.2) is 22.7 Å². The van der Waals surface area contributed by atoms with Crippen LogP contribution in [0.1, 0.15) is 106 Å². The van der Waals surface area contributed by atoms with Gasteiger partial charge in [0.15, 0.2) is 0 Å². The van der Waals surface area contributed by atoms with Crippen LogP contribution in [0.2, 0.25) is 5.02 Å². The number of aryl methyl sites for hydroxylation is 1. The smallest absolute Gasteiger partial charge is 0.303 e. The van der Waals surface area contributed by atoms with E-state index in [0.29, 0.717) is 34.9 Å². The van der Waals surface area contributed by atoms with E-state index < -0.39 is 5.97 Å². The predicted molar refractivity (Wildman–Crippen MR) is 143 cm³/mol. The Kier molecular flexibility index (Phi) is 8.64. The first-order valence-corrected chi connectivity index (χ1v) is 13.7. The number of rotatable bonds is 13. The average Bonchev–Trinajstić information content (AvgIpc) is 3.54. The number of benzene rings is 1. The zero-order valence-corrected chi connectivity index (χ0v) is 23.1. The summed E-state index contributed by atoms with van der Waals surface area (Å²) in [5, 5.41) is 17.2. The van der Waals surface area contributed by atoms with Crippen LogP contribution in [-0.2, 0) is 14.3 Å². The average molecular weight is 531 g/mol. The van der Waals surface area contributed by atoms with Crippen LogP contribution < -0.4 is 5.32 Å². The summed E-state index contributed by atoms with van der Waals surface area (Å²) >= 11 is 6.31. The molecule has 1 aromatic carbocycles. The van der Waals surface area contributed by atoms with Crippen LogP contribution in [0, 0.1) is 18.3 Å². The first-order chi connectivity index (χ1) is 17.6. The summed E-state index contributed by atoms with van der Waals surface area (Å²) in [5.41, 5.74) is 3.61. The number of halogens is 1. The van der Waals surface area contributed by atoms with Gasteiger partial charge in [0, 0.05) is 37.4 Å². The Labute approximate surface area is 224 Å². The van der Waals surface area contributed by atoms with Gasteiger partial charge in [0.25, 0.3) is 0 Å². The molecule has 37 heavy (non-hydrogen) atoms. The second-order valence-corrected chi connectivity index (χ2v) is 12.2. The monoisotopic (exact) mass is 530 g/mol. The van der Waals surface area contributed by atoms with E-state index in [9.17, 15) is 14.7 Å². The topological polar surface area (TPSA) is 102 Å². The molecule has 2 aliphatic carbocycles. The lowest BCUT2D eigenvalue weighted by Crippen LogP contribution is -2.30. The summed E-state index contributed by atoms with van der Waals surface area (Å²) < 4.78 is 11.4. The zero-order chi connectivity index (χ0) is 26.7. The molecule has 2 aromatic rings. The van der Waals surface area contributed by atoms with E-state index in [1.807, 2.05) is 13.0 Å². The molecule has 1 aromatic heterocycles. The Hall–Kier alpha value is -2.38. The fraction of sp³-hybridized carbons (Fsp3) is 0.621. The van der Waals surface area contributed by atoms with Crippen molar-refractivity contribution in [2.45, 2.75) is 89.9 Å². The Bertz CT molecular complexity index is 1120. The van der Waals surface area contributed by atoms with Gasteiger partial charge in [0.2, 0.25) is 5.91 Å². The van der Waals surface area contributed by atoms with Crippen molar-refractivity contribution in [3.8, 4) is 0 Å². The van der Waals surface area contributed by atoms with Crippen molar-refractivity contribution in [3.05, 3.63) is 45.8 Å². The lowest BCUT2D eigenvalue weighted by Gasteiger charge is -2.39. The Morgan fingerprint density at radius 1 is 1.27 bits per heavy atom. The van der Waals surface area contributed by atoms with E-state index in [2.05, 4.69) is 24.3 Å². The molecular formula is C29H39ClN2O5. The molecule has 0 radical (unpaired) electrons. The summed E-state index contributed by atoms with van der Waals surface area (Å²) in [6.45, 7) is 7.17. The Morgan fingerprint density at radius 2 is 2.00 bits per heavy atom. The minimum absolute atomic E-state index is 0.0321. The molecule has 2 aliphatic rings. The highest BCUT2D eigenvalue weighted by atomic mass is 35.5. The third kappa shape index (κ3) is 7.14. The second kappa shape index (κ2) is 11.6. The van der Waals surface area contributed by atoms with Gasteiger partial charge in [-0.1, -0.05) is 36.7 Å². The molecule has 0 saturated heterocycles. The molecule has 2 N–H and O–H groups in total. The van der Waals surface area contributed by atoms with Crippen LogP contribution in [0.25, 0.3) is 0 Å². The maximum Gasteiger partial charge on any atom is 0.303 e. The number of amides is 1. The summed E-state index contributed by atoms with van der Waals surface area (Å²) in [6, 6.07) is 5.48. The van der Waals surface area contributed by atoms with Crippen molar-refractivity contribution in [2.24, 2.45) is 11.3 Å². The van der Waals surface area contributed by atoms with E-state index in [1.54, 1.807) is 19.2 Å². The highest BCUT2D eigenvalue weighted by molar-refractivity contribution is 6.33. The molecule has 1 heterocycles. The third-order valence-electron chi connectivity index (χ3n) is 7.68. The number of hydrogen-bond acceptors (Lipinski definition) is 5. The minimum atomic E-state index is -0.885. The number of anilines is 1. The highest BCUT2D eigenvalue weighted by Gasteiger charge is 2.42. The number of carbonyl (C=O) groups excluding carboxylic acids is 1. The van der Waals surface area contributed by atoms with E-state index in [1.165, 1.54) is 0 Å². The minimum Gasteiger partial charge on any atom is -0.481 e. The van der Waals surface area contributed by atoms with Gasteiger partial charge >= 0.3 is 5.97 Å². The van der Waals surface area contributed by atoms with Gasteiger partial charge in [-0.05, 0) is 80.4 Å².